The number of hydrogen-bond donors (Lipinski definition) is 0. The van der Waals surface area contributed by atoms with E-state index in [1.165, 1.54) is 34.8 Å². The fourth-order valence-electron chi connectivity index (χ4n) is 2.94. The average Bonchev–Trinajstić information content (AvgIpc) is 2.76. The molecule has 0 amide bonds. The lowest BCUT2D eigenvalue weighted by atomic mass is 10.2. The van der Waals surface area contributed by atoms with E-state index < -0.39 is 0 Å². The third-order valence-electron chi connectivity index (χ3n) is 4.39. The first-order valence-electron chi connectivity index (χ1n) is 8.87. The highest BCUT2D eigenvalue weighted by atomic mass is 32.2. The van der Waals surface area contributed by atoms with Crippen LogP contribution < -0.4 is 10.3 Å². The van der Waals surface area contributed by atoms with Gasteiger partial charge in [-0.3, -0.25) is 9.36 Å². The Morgan fingerprint density at radius 1 is 1.03 bits per heavy atom. The summed E-state index contributed by atoms with van der Waals surface area (Å²) in [6, 6.07) is 14.0. The van der Waals surface area contributed by atoms with Gasteiger partial charge in [0, 0.05) is 23.7 Å². The predicted octanol–water partition coefficient (Wildman–Crippen LogP) is 3.67. The van der Waals surface area contributed by atoms with Crippen LogP contribution in [0.1, 0.15) is 11.1 Å². The van der Waals surface area contributed by atoms with Gasteiger partial charge in [0.1, 0.15) is 11.6 Å². The molecule has 6 nitrogen and oxygen atoms in total. The number of fused-ring (bicyclic) bond motifs is 1. The molecule has 0 aliphatic carbocycles. The molecule has 0 radical (unpaired) electrons. The minimum absolute atomic E-state index is 0.192. The molecule has 0 atom stereocenters. The summed E-state index contributed by atoms with van der Waals surface area (Å²) in [5, 5.41) is 0.442. The van der Waals surface area contributed by atoms with Crippen LogP contribution in [-0.2, 0) is 12.3 Å². The van der Waals surface area contributed by atoms with Gasteiger partial charge in [-0.15, -0.1) is 0 Å². The number of hydrogen-bond acceptors (Lipinski definition) is 6. The first-order valence-corrected chi connectivity index (χ1v) is 9.85. The average molecular weight is 408 g/mol. The Balaban J connectivity index is 1.78. The fraction of sp³-hybridized carbons (Fsp3) is 0.143. The second kappa shape index (κ2) is 8.40. The number of ether oxygens (including phenoxy) is 1. The van der Waals surface area contributed by atoms with Crippen molar-refractivity contribution < 1.29 is 9.13 Å². The Bertz CT molecular complexity index is 1230. The normalized spacial score (nSPS) is 11.0. The van der Waals surface area contributed by atoms with E-state index in [4.69, 9.17) is 4.74 Å². The summed E-state index contributed by atoms with van der Waals surface area (Å²) in [6.45, 7) is 0.252. The molecular weight excluding hydrogens is 391 g/mol. The Kier molecular flexibility index (Phi) is 5.53. The van der Waals surface area contributed by atoms with E-state index in [2.05, 4.69) is 15.0 Å². The molecule has 0 fully saturated rings. The minimum atomic E-state index is -0.301. The molecule has 0 saturated heterocycles. The maximum Gasteiger partial charge on any atom is 0.282 e. The number of aromatic nitrogens is 4. The quantitative estimate of drug-likeness (QED) is 0.358. The van der Waals surface area contributed by atoms with Gasteiger partial charge in [0.25, 0.3) is 5.56 Å². The molecule has 0 spiro atoms. The van der Waals surface area contributed by atoms with Crippen molar-refractivity contribution in [3.05, 3.63) is 88.2 Å². The van der Waals surface area contributed by atoms with Gasteiger partial charge in [-0.25, -0.2) is 19.3 Å². The van der Waals surface area contributed by atoms with Crippen LogP contribution >= 0.6 is 11.8 Å². The highest BCUT2D eigenvalue weighted by molar-refractivity contribution is 7.98. The maximum absolute atomic E-state index is 14.0. The van der Waals surface area contributed by atoms with Crippen molar-refractivity contribution in [3.63, 3.8) is 0 Å². The zero-order valence-electron chi connectivity index (χ0n) is 15.6. The number of para-hydroxylation sites is 1. The van der Waals surface area contributed by atoms with E-state index in [0.29, 0.717) is 22.2 Å². The molecule has 4 rings (SSSR count). The van der Waals surface area contributed by atoms with Gasteiger partial charge in [0.15, 0.2) is 16.3 Å². The Hall–Kier alpha value is -3.26. The molecule has 146 valence electrons. The van der Waals surface area contributed by atoms with Crippen molar-refractivity contribution in [2.45, 2.75) is 17.5 Å². The van der Waals surface area contributed by atoms with Crippen LogP contribution in [0.2, 0.25) is 0 Å². The molecule has 0 N–H and O–H groups in total. The van der Waals surface area contributed by atoms with Gasteiger partial charge in [0.2, 0.25) is 0 Å². The third-order valence-corrected chi connectivity index (χ3v) is 5.42. The molecule has 2 heterocycles. The van der Waals surface area contributed by atoms with E-state index >= 15 is 0 Å². The summed E-state index contributed by atoms with van der Waals surface area (Å²) in [5.41, 5.74) is 1.53. The van der Waals surface area contributed by atoms with E-state index in [-0.39, 0.29) is 29.1 Å². The van der Waals surface area contributed by atoms with Gasteiger partial charge in [0.05, 0.1) is 13.7 Å². The monoisotopic (exact) mass is 408 g/mol. The van der Waals surface area contributed by atoms with Crippen molar-refractivity contribution in [1.82, 2.24) is 19.5 Å². The van der Waals surface area contributed by atoms with Gasteiger partial charge in [-0.2, -0.15) is 0 Å². The molecule has 0 aliphatic rings. The highest BCUT2D eigenvalue weighted by Gasteiger charge is 2.16. The summed E-state index contributed by atoms with van der Waals surface area (Å²) >= 11 is 1.28. The highest BCUT2D eigenvalue weighted by Crippen LogP contribution is 2.25. The lowest BCUT2D eigenvalue weighted by Crippen LogP contribution is -2.25. The van der Waals surface area contributed by atoms with Crippen LogP contribution in [0.3, 0.4) is 0 Å². The first-order chi connectivity index (χ1) is 14.2. The topological polar surface area (TPSA) is 69.9 Å². The number of methoxy groups -OCH3 is 1. The lowest BCUT2D eigenvalue weighted by molar-refractivity contribution is 0.407. The number of benzene rings is 2. The van der Waals surface area contributed by atoms with Gasteiger partial charge in [-0.05, 0) is 17.7 Å². The summed E-state index contributed by atoms with van der Waals surface area (Å²) in [4.78, 5) is 25.9. The number of nitrogens with zero attached hydrogens (tertiary/aromatic N) is 4. The zero-order valence-corrected chi connectivity index (χ0v) is 16.4. The van der Waals surface area contributed by atoms with Crippen molar-refractivity contribution >= 4 is 22.9 Å². The Morgan fingerprint density at radius 3 is 2.55 bits per heavy atom. The number of halogens is 1. The Labute approximate surface area is 170 Å². The van der Waals surface area contributed by atoms with Gasteiger partial charge < -0.3 is 4.74 Å². The molecule has 2 aromatic heterocycles. The van der Waals surface area contributed by atoms with E-state index in [9.17, 15) is 9.18 Å². The van der Waals surface area contributed by atoms with Crippen LogP contribution in [-0.4, -0.2) is 26.6 Å². The molecule has 0 unspecified atom stereocenters. The molecule has 2 aromatic carbocycles. The van der Waals surface area contributed by atoms with Gasteiger partial charge >= 0.3 is 0 Å². The summed E-state index contributed by atoms with van der Waals surface area (Å²) in [7, 11) is 1.58. The molecule has 0 aliphatic heterocycles. The van der Waals surface area contributed by atoms with Crippen LogP contribution in [0, 0.1) is 5.82 Å². The summed E-state index contributed by atoms with van der Waals surface area (Å²) in [6.07, 6.45) is 2.95. The molecule has 8 heteroatoms. The molecule has 0 saturated carbocycles. The molecule has 4 aromatic rings. The second-order valence-electron chi connectivity index (χ2n) is 6.21. The second-order valence-corrected chi connectivity index (χ2v) is 7.15. The van der Waals surface area contributed by atoms with E-state index in [1.54, 1.807) is 25.3 Å². The summed E-state index contributed by atoms with van der Waals surface area (Å²) < 4.78 is 21.0. The van der Waals surface area contributed by atoms with Crippen LogP contribution in [0.4, 0.5) is 4.39 Å². The standard InChI is InChI=1S/C21H17FN4O2S/c1-28-17-9-5-3-6-14(17)12-26-20(27)18-19(24-11-10-23-18)25-21(26)29-13-15-7-2-4-8-16(15)22/h2-11H,12-13H2,1H3. The molecular formula is C21H17FN4O2S. The predicted molar refractivity (Wildman–Crippen MR) is 110 cm³/mol. The fourth-order valence-corrected chi connectivity index (χ4v) is 3.91. The Morgan fingerprint density at radius 2 is 1.76 bits per heavy atom. The van der Waals surface area contributed by atoms with Gasteiger partial charge in [-0.1, -0.05) is 48.2 Å². The maximum atomic E-state index is 14.0. The van der Waals surface area contributed by atoms with Crippen molar-refractivity contribution in [2.24, 2.45) is 0 Å². The zero-order chi connectivity index (χ0) is 20.2. The molecule has 0 bridgehead atoms. The smallest absolute Gasteiger partial charge is 0.282 e. The SMILES string of the molecule is COc1ccccc1Cn1c(SCc2ccccc2F)nc2nccnc2c1=O. The minimum Gasteiger partial charge on any atom is -0.496 e. The third kappa shape index (κ3) is 3.97. The first kappa shape index (κ1) is 19.1. The van der Waals surface area contributed by atoms with Crippen molar-refractivity contribution in [2.75, 3.05) is 7.11 Å². The van der Waals surface area contributed by atoms with Crippen molar-refractivity contribution in [3.8, 4) is 5.75 Å². The van der Waals surface area contributed by atoms with E-state index in [1.807, 2.05) is 24.3 Å². The number of rotatable bonds is 6. The van der Waals surface area contributed by atoms with Crippen LogP contribution in [0.5, 0.6) is 5.75 Å². The number of thioether (sulfide) groups is 1. The lowest BCUT2D eigenvalue weighted by Gasteiger charge is -2.14. The largest absolute Gasteiger partial charge is 0.496 e. The molecule has 29 heavy (non-hydrogen) atoms. The van der Waals surface area contributed by atoms with Crippen LogP contribution in [0.15, 0.2) is 70.9 Å². The van der Waals surface area contributed by atoms with Crippen LogP contribution in [0.25, 0.3) is 11.2 Å². The van der Waals surface area contributed by atoms with E-state index in [0.717, 1.165) is 5.56 Å². The van der Waals surface area contributed by atoms with Crippen molar-refractivity contribution in [1.29, 1.82) is 0 Å². The summed E-state index contributed by atoms with van der Waals surface area (Å²) in [5.74, 6) is 0.708.